The van der Waals surface area contributed by atoms with Gasteiger partial charge in [0.1, 0.15) is 0 Å². The van der Waals surface area contributed by atoms with Crippen LogP contribution >= 0.6 is 0 Å². The van der Waals surface area contributed by atoms with Crippen molar-refractivity contribution in [2.45, 2.75) is 6.92 Å². The highest BCUT2D eigenvalue weighted by atomic mass is 16.1. The minimum atomic E-state index is 0.00380. The van der Waals surface area contributed by atoms with Gasteiger partial charge >= 0.3 is 0 Å². The van der Waals surface area contributed by atoms with Crippen molar-refractivity contribution in [3.63, 3.8) is 0 Å². The van der Waals surface area contributed by atoms with E-state index in [9.17, 15) is 4.79 Å². The third-order valence-corrected chi connectivity index (χ3v) is 2.45. The number of hydrazine groups is 1. The Bertz CT molecular complexity index is 366. The van der Waals surface area contributed by atoms with Gasteiger partial charge in [-0.25, -0.2) is 0 Å². The quantitative estimate of drug-likeness (QED) is 0.221. The van der Waals surface area contributed by atoms with E-state index in [4.69, 9.17) is 5.41 Å². The zero-order valence-electron chi connectivity index (χ0n) is 11.3. The van der Waals surface area contributed by atoms with Gasteiger partial charge in [-0.3, -0.25) is 16.5 Å². The first-order chi connectivity index (χ1) is 9.25. The number of nitrogens with two attached hydrogens (primary N) is 2. The van der Waals surface area contributed by atoms with E-state index in [1.54, 1.807) is 18.2 Å². The van der Waals surface area contributed by atoms with Gasteiger partial charge in [-0.1, -0.05) is 24.3 Å². The summed E-state index contributed by atoms with van der Waals surface area (Å²) in [6.45, 7) is 6.06. The van der Waals surface area contributed by atoms with Gasteiger partial charge in [0.05, 0.1) is 0 Å². The van der Waals surface area contributed by atoms with E-state index in [1.165, 1.54) is 13.1 Å². The van der Waals surface area contributed by atoms with Gasteiger partial charge in [0.25, 0.3) is 0 Å². The summed E-state index contributed by atoms with van der Waals surface area (Å²) >= 11 is 0. The smallest absolute Gasteiger partial charge is 0.160 e. The molecule has 106 valence electrons. The summed E-state index contributed by atoms with van der Waals surface area (Å²) < 4.78 is 0. The van der Waals surface area contributed by atoms with E-state index in [1.807, 2.05) is 6.07 Å². The monoisotopic (exact) mass is 265 g/mol. The number of Topliss-reactive ketones (excluding diaryl/α,β-unsaturated/α-hetero) is 1. The molecular formula is C13H23N5O. The van der Waals surface area contributed by atoms with E-state index < -0.39 is 0 Å². The number of hydrogen-bond donors (Lipinski definition) is 5. The van der Waals surface area contributed by atoms with Crippen LogP contribution in [-0.2, 0) is 0 Å². The summed E-state index contributed by atoms with van der Waals surface area (Å²) in [5.41, 5.74) is 1.29. The molecule has 1 fully saturated rings. The number of carbonyl (C=O) groups is 1. The number of carbonyl (C=O) groups excluding carboxylic acids is 1. The predicted molar refractivity (Wildman–Crippen MR) is 78.4 cm³/mol. The van der Waals surface area contributed by atoms with Gasteiger partial charge in [-0.05, 0) is 6.92 Å². The SMILES string of the molecule is C1CNCCN1.CC(=O)c1ccccc1C=N.NN. The Balaban J connectivity index is 0.000000341. The summed E-state index contributed by atoms with van der Waals surface area (Å²) in [4.78, 5) is 10.9. The van der Waals surface area contributed by atoms with Gasteiger partial charge in [0.2, 0.25) is 0 Å². The topological polar surface area (TPSA) is 117 Å². The van der Waals surface area contributed by atoms with E-state index >= 15 is 0 Å². The van der Waals surface area contributed by atoms with Crippen LogP contribution in [0.5, 0.6) is 0 Å². The highest BCUT2D eigenvalue weighted by Gasteiger charge is 2.01. The lowest BCUT2D eigenvalue weighted by molar-refractivity contribution is 0.101. The highest BCUT2D eigenvalue weighted by Crippen LogP contribution is 2.05. The molecule has 0 amide bonds. The van der Waals surface area contributed by atoms with Crippen molar-refractivity contribution in [2.24, 2.45) is 11.7 Å². The number of hydrogen-bond acceptors (Lipinski definition) is 6. The van der Waals surface area contributed by atoms with E-state index in [0.717, 1.165) is 26.2 Å². The van der Waals surface area contributed by atoms with Gasteiger partial charge in [0, 0.05) is 43.5 Å². The lowest BCUT2D eigenvalue weighted by Gasteiger charge is -2.11. The lowest BCUT2D eigenvalue weighted by atomic mass is 10.1. The molecule has 1 aliphatic rings. The number of nitrogens with one attached hydrogen (secondary N) is 3. The average molecular weight is 265 g/mol. The minimum Gasteiger partial charge on any atom is -0.314 e. The highest BCUT2D eigenvalue weighted by molar-refractivity contribution is 6.01. The van der Waals surface area contributed by atoms with Crippen molar-refractivity contribution in [1.29, 1.82) is 5.41 Å². The Morgan fingerprint density at radius 2 is 1.63 bits per heavy atom. The first kappa shape index (κ1) is 17.4. The van der Waals surface area contributed by atoms with Crippen LogP contribution < -0.4 is 22.3 Å². The third-order valence-electron chi connectivity index (χ3n) is 2.45. The second kappa shape index (κ2) is 11.5. The molecule has 1 saturated heterocycles. The summed E-state index contributed by atoms with van der Waals surface area (Å²) in [5, 5.41) is 13.4. The first-order valence-corrected chi connectivity index (χ1v) is 6.11. The number of rotatable bonds is 2. The fraction of sp³-hybridized carbons (Fsp3) is 0.385. The van der Waals surface area contributed by atoms with Crippen LogP contribution in [0.3, 0.4) is 0 Å². The summed E-state index contributed by atoms with van der Waals surface area (Å²) in [6.07, 6.45) is 1.19. The summed E-state index contributed by atoms with van der Waals surface area (Å²) in [7, 11) is 0. The molecule has 6 heteroatoms. The molecule has 0 saturated carbocycles. The van der Waals surface area contributed by atoms with Crippen LogP contribution in [-0.4, -0.2) is 38.2 Å². The standard InChI is InChI=1S/C9H9NO.C4H10N2.H4N2/c1-7(11)9-5-3-2-4-8(9)6-10;1-2-6-4-3-5-1;1-2/h2-6,10H,1H3;5-6H,1-4H2;1-2H2. The molecule has 6 nitrogen and oxygen atoms in total. The molecule has 1 aliphatic heterocycles. The van der Waals surface area contributed by atoms with Crippen LogP contribution in [0.25, 0.3) is 0 Å². The molecular weight excluding hydrogens is 242 g/mol. The fourth-order valence-electron chi connectivity index (χ4n) is 1.55. The maximum atomic E-state index is 10.9. The molecule has 0 unspecified atom stereocenters. The second-order valence-corrected chi connectivity index (χ2v) is 3.79. The van der Waals surface area contributed by atoms with Gasteiger partial charge in [-0.15, -0.1) is 0 Å². The first-order valence-electron chi connectivity index (χ1n) is 6.11. The zero-order chi connectivity index (χ0) is 14.5. The molecule has 1 aromatic carbocycles. The Kier molecular flexibility index (Phi) is 10.5. The number of ketones is 1. The number of piperazine rings is 1. The van der Waals surface area contributed by atoms with Crippen LogP contribution in [0.15, 0.2) is 24.3 Å². The molecule has 0 aromatic heterocycles. The molecule has 0 aliphatic carbocycles. The molecule has 2 rings (SSSR count). The van der Waals surface area contributed by atoms with Crippen molar-refractivity contribution in [1.82, 2.24) is 10.6 Å². The van der Waals surface area contributed by atoms with Gasteiger partial charge in [-0.2, -0.15) is 0 Å². The van der Waals surface area contributed by atoms with Crippen LogP contribution in [0.2, 0.25) is 0 Å². The molecule has 0 bridgehead atoms. The molecule has 7 N–H and O–H groups in total. The third kappa shape index (κ3) is 7.43. The molecule has 19 heavy (non-hydrogen) atoms. The fourth-order valence-corrected chi connectivity index (χ4v) is 1.55. The summed E-state index contributed by atoms with van der Waals surface area (Å²) in [5.74, 6) is 8.00. The Labute approximate surface area is 114 Å². The van der Waals surface area contributed by atoms with E-state index in [2.05, 4.69) is 22.3 Å². The summed E-state index contributed by atoms with van der Waals surface area (Å²) in [6, 6.07) is 7.09. The van der Waals surface area contributed by atoms with Crippen molar-refractivity contribution >= 4 is 12.0 Å². The van der Waals surface area contributed by atoms with E-state index in [0.29, 0.717) is 11.1 Å². The number of benzene rings is 1. The van der Waals surface area contributed by atoms with Crippen molar-refractivity contribution in [2.75, 3.05) is 26.2 Å². The van der Waals surface area contributed by atoms with Crippen LogP contribution in [0, 0.1) is 5.41 Å². The zero-order valence-corrected chi connectivity index (χ0v) is 11.3. The van der Waals surface area contributed by atoms with E-state index in [-0.39, 0.29) is 5.78 Å². The molecule has 0 radical (unpaired) electrons. The maximum Gasteiger partial charge on any atom is 0.160 e. The van der Waals surface area contributed by atoms with Crippen molar-refractivity contribution in [3.05, 3.63) is 35.4 Å². The molecule has 0 spiro atoms. The Morgan fingerprint density at radius 3 is 1.95 bits per heavy atom. The Morgan fingerprint density at radius 1 is 1.16 bits per heavy atom. The minimum absolute atomic E-state index is 0.00380. The molecule has 1 heterocycles. The lowest BCUT2D eigenvalue weighted by Crippen LogP contribution is -2.39. The van der Waals surface area contributed by atoms with Gasteiger partial charge < -0.3 is 16.0 Å². The second-order valence-electron chi connectivity index (χ2n) is 3.79. The van der Waals surface area contributed by atoms with Crippen molar-refractivity contribution in [3.8, 4) is 0 Å². The average Bonchev–Trinajstić information content (AvgIpc) is 2.51. The van der Waals surface area contributed by atoms with Crippen LogP contribution in [0.4, 0.5) is 0 Å². The van der Waals surface area contributed by atoms with Crippen LogP contribution in [0.1, 0.15) is 22.8 Å². The maximum absolute atomic E-state index is 10.9. The van der Waals surface area contributed by atoms with Crippen molar-refractivity contribution < 1.29 is 4.79 Å². The molecule has 0 atom stereocenters. The predicted octanol–water partition coefficient (Wildman–Crippen LogP) is -0.115. The Hall–Kier alpha value is -1.60. The van der Waals surface area contributed by atoms with Gasteiger partial charge in [0.15, 0.2) is 5.78 Å². The molecule has 1 aromatic rings. The largest absolute Gasteiger partial charge is 0.314 e. The normalized spacial score (nSPS) is 13.2.